The van der Waals surface area contributed by atoms with Crippen LogP contribution in [0.3, 0.4) is 0 Å². The highest BCUT2D eigenvalue weighted by Gasteiger charge is 2.33. The minimum atomic E-state index is -4.30. The van der Waals surface area contributed by atoms with Crippen LogP contribution in [-0.2, 0) is 51.1 Å². The molecule has 3 aromatic heterocycles. The first kappa shape index (κ1) is 58.6. The lowest BCUT2D eigenvalue weighted by Crippen LogP contribution is -2.32. The third-order valence-corrected chi connectivity index (χ3v) is 16.2. The van der Waals surface area contributed by atoms with Crippen molar-refractivity contribution in [2.24, 2.45) is 0 Å². The third-order valence-electron chi connectivity index (χ3n) is 12.8. The topological polar surface area (TPSA) is 195 Å². The summed E-state index contributed by atoms with van der Waals surface area (Å²) in [5, 5.41) is 0.603. The SMILES string of the molecule is CCOC(=O)[C@H]1Cc2cc(ccc2OCc2ccnc(-c3ccccc3OCCOCCOCCOC)n2)OC[C@@H](COS(=O)(=O)c2ccc(C)cc2)Oc2c(Cl)c(C)c(c(C)c2Cl)-c2c(-c3ccc(F)cc3)sc3ncnc(c23)O1. The zero-order valence-electron chi connectivity index (χ0n) is 44.9. The van der Waals surface area contributed by atoms with Gasteiger partial charge in [-0.2, -0.15) is 8.42 Å². The number of benzene rings is 5. The van der Waals surface area contributed by atoms with Gasteiger partial charge in [0.15, 0.2) is 17.7 Å². The van der Waals surface area contributed by atoms with E-state index in [1.165, 1.54) is 41.9 Å². The molecule has 17 nitrogen and oxygen atoms in total. The highest BCUT2D eigenvalue weighted by Crippen LogP contribution is 2.53. The molecule has 10 rings (SSSR count). The predicted octanol–water partition coefficient (Wildman–Crippen LogP) is 11.6. The molecular formula is C59H57Cl2FN4O13S2. The Hall–Kier alpha value is -7.01. The maximum Gasteiger partial charge on any atom is 0.347 e. The number of rotatable bonds is 21. The summed E-state index contributed by atoms with van der Waals surface area (Å²) in [6.45, 7) is 8.69. The van der Waals surface area contributed by atoms with Crippen LogP contribution < -0.4 is 23.7 Å². The average molecular weight is 1180 g/mol. The van der Waals surface area contributed by atoms with Gasteiger partial charge in [-0.1, -0.05) is 65.2 Å². The zero-order chi connectivity index (χ0) is 57.0. The number of nitrogens with zero attached hydrogens (tertiary/aromatic N) is 4. The first-order chi connectivity index (χ1) is 39.2. The molecule has 0 aliphatic carbocycles. The van der Waals surface area contributed by atoms with Crippen molar-refractivity contribution in [3.8, 4) is 61.8 Å². The molecule has 81 heavy (non-hydrogen) atoms. The van der Waals surface area contributed by atoms with E-state index >= 15 is 0 Å². The van der Waals surface area contributed by atoms with Gasteiger partial charge in [0.25, 0.3) is 10.1 Å². The van der Waals surface area contributed by atoms with Crippen molar-refractivity contribution < 1.29 is 64.4 Å². The molecule has 2 aliphatic heterocycles. The van der Waals surface area contributed by atoms with E-state index in [2.05, 4.69) is 15.0 Å². The van der Waals surface area contributed by atoms with Gasteiger partial charge in [-0.25, -0.2) is 29.1 Å². The third kappa shape index (κ3) is 14.2. The van der Waals surface area contributed by atoms with Gasteiger partial charge >= 0.3 is 5.97 Å². The number of halogens is 3. The number of aromatic nitrogens is 4. The molecule has 8 aromatic rings. The summed E-state index contributed by atoms with van der Waals surface area (Å²) in [6.07, 6.45) is 0.301. The lowest BCUT2D eigenvalue weighted by Gasteiger charge is -2.24. The standard InChI is InChI=1S/C59H57Cl2FN4O13S2/c1-6-73-59(67)48-30-39-29-42(17-20-46(39)76-31-41-21-22-63-56(66-41)45-9-7-8-10-47(45)74-28-27-72-26-25-71-24-23-70-5)75-32-43(33-77-81(68,69)44-18-11-35(2)12-19-44)78-54-52(60)36(3)49(37(4)53(54)61)50-51-57(79-48)64-34-65-58(51)80-55(50)38-13-15-40(62)16-14-38/h7-22,29,34,43,48H,6,23-28,30-33H2,1-5H3/t43-,48+/m0/s1. The molecule has 2 aliphatic rings. The molecular weight excluding hydrogens is 1130 g/mol. The van der Waals surface area contributed by atoms with Crippen molar-refractivity contribution in [3.05, 3.63) is 153 Å². The van der Waals surface area contributed by atoms with E-state index in [1.807, 2.05) is 31.2 Å². The summed E-state index contributed by atoms with van der Waals surface area (Å²) in [7, 11) is -2.69. The van der Waals surface area contributed by atoms with E-state index in [9.17, 15) is 17.6 Å². The fraction of sp³-hybridized carbons (Fsp3) is 0.305. The maximum absolute atomic E-state index is 14.5. The molecule has 0 spiro atoms. The Kier molecular flexibility index (Phi) is 19.7. The Morgan fingerprint density at radius 3 is 2.27 bits per heavy atom. The zero-order valence-corrected chi connectivity index (χ0v) is 48.0. The van der Waals surface area contributed by atoms with Gasteiger partial charge in [0.1, 0.15) is 60.7 Å². The van der Waals surface area contributed by atoms with Crippen LogP contribution in [0.15, 0.2) is 114 Å². The van der Waals surface area contributed by atoms with Gasteiger partial charge in [-0.15, -0.1) is 11.3 Å². The van der Waals surface area contributed by atoms with Gasteiger partial charge < -0.3 is 42.6 Å². The Balaban J connectivity index is 1.09. The number of fused-ring (bicyclic) bond motifs is 7. The lowest BCUT2D eigenvalue weighted by molar-refractivity contribution is -0.151. The summed E-state index contributed by atoms with van der Waals surface area (Å²) < 4.78 is 102. The number of carbonyl (C=O) groups excluding carboxylic acids is 1. The van der Waals surface area contributed by atoms with E-state index in [-0.39, 0.29) is 65.2 Å². The molecule has 5 heterocycles. The molecule has 0 N–H and O–H groups in total. The summed E-state index contributed by atoms with van der Waals surface area (Å²) in [4.78, 5) is 34.0. The molecule has 22 heteroatoms. The van der Waals surface area contributed by atoms with Gasteiger partial charge in [0.05, 0.1) is 71.2 Å². The average Bonchev–Trinajstić information content (AvgIpc) is 3.87. The molecule has 4 bridgehead atoms. The Labute approximate surface area is 482 Å². The van der Waals surface area contributed by atoms with Crippen molar-refractivity contribution in [2.75, 3.05) is 66.6 Å². The number of hydrogen-bond donors (Lipinski definition) is 0. The van der Waals surface area contributed by atoms with Crippen LogP contribution in [0.1, 0.15) is 34.9 Å². The number of carbonyl (C=O) groups is 1. The first-order valence-electron chi connectivity index (χ1n) is 25.8. The fourth-order valence-electron chi connectivity index (χ4n) is 8.76. The van der Waals surface area contributed by atoms with Crippen LogP contribution in [0.4, 0.5) is 4.39 Å². The monoisotopic (exact) mass is 1180 g/mol. The van der Waals surface area contributed by atoms with Gasteiger partial charge in [-0.3, -0.25) is 4.18 Å². The molecule has 0 amide bonds. The van der Waals surface area contributed by atoms with Crippen molar-refractivity contribution in [1.29, 1.82) is 0 Å². The second-order valence-electron chi connectivity index (χ2n) is 18.4. The minimum Gasteiger partial charge on any atom is -0.490 e. The van der Waals surface area contributed by atoms with Gasteiger partial charge in [0, 0.05) is 35.7 Å². The summed E-state index contributed by atoms with van der Waals surface area (Å²) in [6, 6.07) is 26.3. The van der Waals surface area contributed by atoms with E-state index < -0.39 is 40.7 Å². The normalized spacial score (nSPS) is 14.4. The smallest absolute Gasteiger partial charge is 0.347 e. The quantitative estimate of drug-likeness (QED) is 0.0374. The molecule has 0 fully saturated rings. The molecule has 0 saturated heterocycles. The van der Waals surface area contributed by atoms with Gasteiger partial charge in [0.2, 0.25) is 12.0 Å². The van der Waals surface area contributed by atoms with Crippen LogP contribution >= 0.6 is 34.5 Å². The predicted molar refractivity (Wildman–Crippen MR) is 304 cm³/mol. The minimum absolute atomic E-state index is 0.0245. The summed E-state index contributed by atoms with van der Waals surface area (Å²) >= 11 is 15.9. The summed E-state index contributed by atoms with van der Waals surface area (Å²) in [5.74, 6) is 0.476. The van der Waals surface area contributed by atoms with Gasteiger partial charge in [-0.05, 0) is 111 Å². The molecule has 0 unspecified atom stereocenters. The molecule has 0 saturated carbocycles. The highest BCUT2D eigenvalue weighted by atomic mass is 35.5. The molecule has 424 valence electrons. The molecule has 5 aromatic carbocycles. The van der Waals surface area contributed by atoms with Crippen LogP contribution in [0.25, 0.3) is 43.2 Å². The van der Waals surface area contributed by atoms with E-state index in [1.54, 1.807) is 82.6 Å². The second-order valence-corrected chi connectivity index (χ2v) is 21.8. The first-order valence-corrected chi connectivity index (χ1v) is 28.8. The second kappa shape index (κ2) is 27.2. The van der Waals surface area contributed by atoms with Crippen LogP contribution in [-0.4, -0.2) is 113 Å². The van der Waals surface area contributed by atoms with Crippen molar-refractivity contribution in [3.63, 3.8) is 0 Å². The Morgan fingerprint density at radius 1 is 0.802 bits per heavy atom. The van der Waals surface area contributed by atoms with Crippen LogP contribution in [0.2, 0.25) is 10.0 Å². The van der Waals surface area contributed by atoms with Crippen LogP contribution in [0.5, 0.6) is 28.9 Å². The summed E-state index contributed by atoms with van der Waals surface area (Å²) in [5.41, 5.74) is 5.20. The van der Waals surface area contributed by atoms with Crippen LogP contribution in [0, 0.1) is 26.6 Å². The molecule has 2 atom stereocenters. The van der Waals surface area contributed by atoms with Crippen molar-refractivity contribution in [1.82, 2.24) is 19.9 Å². The number of methoxy groups -OCH3 is 1. The number of hydrogen-bond acceptors (Lipinski definition) is 18. The number of esters is 1. The van der Waals surface area contributed by atoms with Crippen molar-refractivity contribution >= 4 is 60.8 Å². The lowest BCUT2D eigenvalue weighted by atomic mass is 9.92. The van der Waals surface area contributed by atoms with E-state index in [4.69, 9.17) is 75.0 Å². The largest absolute Gasteiger partial charge is 0.490 e. The Morgan fingerprint density at radius 2 is 1.53 bits per heavy atom. The van der Waals surface area contributed by atoms with Crippen molar-refractivity contribution in [2.45, 2.75) is 57.8 Å². The Bertz CT molecular complexity index is 3580. The maximum atomic E-state index is 14.5. The van der Waals surface area contributed by atoms with E-state index in [0.29, 0.717) is 110 Å². The highest BCUT2D eigenvalue weighted by molar-refractivity contribution is 7.86. The fourth-order valence-corrected chi connectivity index (χ4v) is 11.4. The molecule has 0 radical (unpaired) electrons. The number of thiophene rings is 1. The number of ether oxygens (including phenoxy) is 9. The number of aryl methyl sites for hydroxylation is 1. The van der Waals surface area contributed by atoms with E-state index in [0.717, 1.165) is 5.56 Å². The number of para-hydroxylation sites is 1.